The van der Waals surface area contributed by atoms with Crippen LogP contribution in [0.3, 0.4) is 0 Å². The quantitative estimate of drug-likeness (QED) is 0.233. The average Bonchev–Trinajstić information content (AvgIpc) is 3.64. The normalized spacial score (nSPS) is 19.0. The first kappa shape index (κ1) is 29.8. The van der Waals surface area contributed by atoms with Crippen molar-refractivity contribution in [2.24, 2.45) is 0 Å². The van der Waals surface area contributed by atoms with E-state index in [1.165, 1.54) is 0 Å². The highest BCUT2D eigenvalue weighted by atomic mass is 35.5. The summed E-state index contributed by atoms with van der Waals surface area (Å²) in [6.07, 6.45) is 4.49. The van der Waals surface area contributed by atoms with Crippen molar-refractivity contribution in [2.75, 3.05) is 24.2 Å². The lowest BCUT2D eigenvalue weighted by Crippen LogP contribution is -2.36. The van der Waals surface area contributed by atoms with E-state index in [0.717, 1.165) is 65.4 Å². The number of hydrogen-bond donors (Lipinski definition) is 0. The number of aromatic nitrogens is 3. The van der Waals surface area contributed by atoms with E-state index < -0.39 is 11.0 Å². The van der Waals surface area contributed by atoms with Crippen LogP contribution in [0.2, 0.25) is 10.0 Å². The summed E-state index contributed by atoms with van der Waals surface area (Å²) in [7, 11) is -0.995. The minimum atomic E-state index is -0.995. The number of benzene rings is 2. The molecule has 11 heteroatoms. The number of imidazole rings is 1. The number of amides is 1. The Morgan fingerprint density at radius 2 is 1.73 bits per heavy atom. The van der Waals surface area contributed by atoms with E-state index in [0.29, 0.717) is 28.6 Å². The monoisotopic (exact) mass is 615 g/mol. The smallest absolute Gasteiger partial charge is 0.227 e. The van der Waals surface area contributed by atoms with Crippen LogP contribution in [0.1, 0.15) is 68.9 Å². The maximum absolute atomic E-state index is 13.2. The lowest BCUT2D eigenvalue weighted by Gasteiger charge is -2.33. The summed E-state index contributed by atoms with van der Waals surface area (Å²) in [5, 5.41) is 4.98. The van der Waals surface area contributed by atoms with E-state index >= 15 is 0 Å². The zero-order valence-electron chi connectivity index (χ0n) is 24.0. The molecule has 4 heterocycles. The molecule has 0 radical (unpaired) electrons. The second kappa shape index (κ2) is 12.3. The second-order valence-corrected chi connectivity index (χ2v) is 12.4. The van der Waals surface area contributed by atoms with Gasteiger partial charge in [0.05, 0.1) is 43.8 Å². The third-order valence-corrected chi connectivity index (χ3v) is 9.71. The van der Waals surface area contributed by atoms with Crippen LogP contribution < -0.4 is 4.90 Å². The van der Waals surface area contributed by atoms with E-state index in [1.807, 2.05) is 43.0 Å². The van der Waals surface area contributed by atoms with Crippen LogP contribution in [-0.2, 0) is 15.8 Å². The Kier molecular flexibility index (Phi) is 8.90. The highest BCUT2D eigenvalue weighted by molar-refractivity contribution is 7.81. The molecule has 2 aromatic heterocycles. The van der Waals surface area contributed by atoms with Gasteiger partial charge in [-0.25, -0.2) is 13.5 Å². The summed E-state index contributed by atoms with van der Waals surface area (Å²) in [5.74, 6) is 1.65. The molecule has 0 bridgehead atoms. The van der Waals surface area contributed by atoms with E-state index in [1.54, 1.807) is 18.4 Å². The fraction of sp³-hybridized carbons (Fsp3) is 0.433. The van der Waals surface area contributed by atoms with E-state index in [4.69, 9.17) is 32.7 Å². The number of nitrogens with zero attached hydrogens (tertiary/aromatic N) is 5. The number of halogens is 2. The number of piperidine rings is 1. The number of aryl methyl sites for hydroxylation is 2. The average molecular weight is 617 g/mol. The molecule has 2 atom stereocenters. The van der Waals surface area contributed by atoms with E-state index in [-0.39, 0.29) is 18.0 Å². The van der Waals surface area contributed by atoms with Crippen LogP contribution in [-0.4, -0.2) is 48.5 Å². The molecule has 8 nitrogen and oxygen atoms in total. The highest BCUT2D eigenvalue weighted by Gasteiger charge is 2.38. The number of rotatable bonds is 5. The third kappa shape index (κ3) is 5.57. The molecule has 2 aliphatic heterocycles. The number of fused-ring (bicyclic) bond motifs is 1. The first-order valence-electron chi connectivity index (χ1n) is 14.0. The van der Waals surface area contributed by atoms with Crippen molar-refractivity contribution >= 4 is 56.8 Å². The highest BCUT2D eigenvalue weighted by Crippen LogP contribution is 2.42. The van der Waals surface area contributed by atoms with Crippen LogP contribution in [0, 0.1) is 13.8 Å². The lowest BCUT2D eigenvalue weighted by atomic mass is 10.0. The first-order chi connectivity index (χ1) is 19.7. The molecule has 1 amide bonds. The van der Waals surface area contributed by atoms with Crippen LogP contribution in [0.25, 0.3) is 22.2 Å². The lowest BCUT2D eigenvalue weighted by molar-refractivity contribution is -0.117. The van der Waals surface area contributed by atoms with Crippen LogP contribution in [0.15, 0.2) is 40.9 Å². The van der Waals surface area contributed by atoms with Crippen molar-refractivity contribution in [3.8, 4) is 11.1 Å². The van der Waals surface area contributed by atoms with Crippen LogP contribution in [0.4, 0.5) is 5.69 Å². The van der Waals surface area contributed by atoms with Gasteiger partial charge in [0.25, 0.3) is 0 Å². The Bertz CT molecular complexity index is 1590. The van der Waals surface area contributed by atoms with Gasteiger partial charge in [-0.2, -0.15) is 0 Å². The minimum absolute atomic E-state index is 0.0320. The number of anilines is 1. The molecule has 4 aromatic rings. The van der Waals surface area contributed by atoms with Gasteiger partial charge >= 0.3 is 0 Å². The molecule has 0 N–H and O–H groups in total. The number of carbonyl (C=O) groups is 1. The molecule has 0 saturated carbocycles. The van der Waals surface area contributed by atoms with Crippen LogP contribution >= 0.6 is 23.2 Å². The van der Waals surface area contributed by atoms with Gasteiger partial charge in [-0.05, 0) is 69.0 Å². The topological polar surface area (TPSA) is 84.5 Å². The predicted molar refractivity (Wildman–Crippen MR) is 166 cm³/mol. The molecule has 2 saturated heterocycles. The Morgan fingerprint density at radius 1 is 1.00 bits per heavy atom. The van der Waals surface area contributed by atoms with Gasteiger partial charge in [0.2, 0.25) is 5.91 Å². The number of carbonyl (C=O) groups excluding carboxylic acids is 1. The SMILES string of the molecule is CC.Cc1noc(C)c1-c1ccc2c(c1)nc([C@@H]1CCC(=O)N1c1ccc(Cl)c(Cl)c1)n2C1CCN(S(C)=O)CC1. The molecule has 2 aromatic carbocycles. The summed E-state index contributed by atoms with van der Waals surface area (Å²) in [5.41, 5.74) is 5.39. The maximum atomic E-state index is 13.2. The Labute approximate surface area is 253 Å². The minimum Gasteiger partial charge on any atom is -0.361 e. The molecule has 0 aliphatic carbocycles. The van der Waals surface area contributed by atoms with Gasteiger partial charge in [-0.3, -0.25) is 4.79 Å². The van der Waals surface area contributed by atoms with Gasteiger partial charge in [-0.1, -0.05) is 48.3 Å². The van der Waals surface area contributed by atoms with Crippen molar-refractivity contribution in [3.05, 3.63) is 63.7 Å². The Balaban J connectivity index is 0.00000165. The molecule has 218 valence electrons. The standard InChI is InChI=1S/C28H29Cl2N5O3S.C2H6/c1-16-27(17(2)38-32-16)18-4-7-24-23(14-18)31-28(35(24)19-10-12-33(13-11-19)39(3)37)25-8-9-26(36)34(25)20-5-6-21(29)22(30)15-20;1-2/h4-7,14-15,19,25H,8-13H2,1-3H3;1-2H3/t25-,39?;/m0./s1. The van der Waals surface area contributed by atoms with Gasteiger partial charge in [0.15, 0.2) is 0 Å². The van der Waals surface area contributed by atoms with Crippen molar-refractivity contribution in [1.82, 2.24) is 19.0 Å². The summed E-state index contributed by atoms with van der Waals surface area (Å²) >= 11 is 12.5. The van der Waals surface area contributed by atoms with Gasteiger partial charge in [0.1, 0.15) is 11.6 Å². The fourth-order valence-electron chi connectivity index (χ4n) is 6.03. The van der Waals surface area contributed by atoms with Crippen molar-refractivity contribution < 1.29 is 13.5 Å². The number of hydrogen-bond acceptors (Lipinski definition) is 5. The maximum Gasteiger partial charge on any atom is 0.227 e. The summed E-state index contributed by atoms with van der Waals surface area (Å²) in [6, 6.07) is 11.5. The molecule has 1 unspecified atom stereocenters. The Morgan fingerprint density at radius 3 is 2.37 bits per heavy atom. The third-order valence-electron chi connectivity index (χ3n) is 7.88. The van der Waals surface area contributed by atoms with Crippen molar-refractivity contribution in [2.45, 2.75) is 65.5 Å². The summed E-state index contributed by atoms with van der Waals surface area (Å²) in [4.78, 5) is 20.2. The summed E-state index contributed by atoms with van der Waals surface area (Å²) < 4.78 is 21.9. The zero-order valence-corrected chi connectivity index (χ0v) is 26.3. The fourth-order valence-corrected chi connectivity index (χ4v) is 7.05. The van der Waals surface area contributed by atoms with E-state index in [2.05, 4.69) is 27.9 Å². The van der Waals surface area contributed by atoms with Crippen LogP contribution in [0.5, 0.6) is 0 Å². The molecular formula is C30H35Cl2N5O3S. The first-order valence-corrected chi connectivity index (χ1v) is 16.3. The molecule has 0 spiro atoms. The predicted octanol–water partition coefficient (Wildman–Crippen LogP) is 7.44. The van der Waals surface area contributed by atoms with Gasteiger partial charge in [-0.15, -0.1) is 0 Å². The molecule has 2 aliphatic rings. The zero-order chi connectivity index (χ0) is 29.4. The van der Waals surface area contributed by atoms with Gasteiger partial charge < -0.3 is 14.0 Å². The molecular weight excluding hydrogens is 581 g/mol. The van der Waals surface area contributed by atoms with Gasteiger partial charge in [0, 0.05) is 43.1 Å². The molecule has 41 heavy (non-hydrogen) atoms. The van der Waals surface area contributed by atoms with Crippen molar-refractivity contribution in [1.29, 1.82) is 0 Å². The van der Waals surface area contributed by atoms with E-state index in [9.17, 15) is 9.00 Å². The Hall–Kier alpha value is -2.72. The second-order valence-electron chi connectivity index (χ2n) is 10.2. The molecule has 6 rings (SSSR count). The summed E-state index contributed by atoms with van der Waals surface area (Å²) in [6.45, 7) is 9.33. The molecule has 2 fully saturated rings. The largest absolute Gasteiger partial charge is 0.361 e. The van der Waals surface area contributed by atoms with Crippen molar-refractivity contribution in [3.63, 3.8) is 0 Å².